The molecule has 0 amide bonds. The molecule has 8 heavy (non-hydrogen) atoms. The molecule has 0 aromatic carbocycles. The lowest BCUT2D eigenvalue weighted by molar-refractivity contribution is 0.450. The first-order valence-electron chi connectivity index (χ1n) is 2.06. The summed E-state index contributed by atoms with van der Waals surface area (Å²) in [6.07, 6.45) is 0. The van der Waals surface area contributed by atoms with Crippen LogP contribution in [0.15, 0.2) is 11.5 Å². The Morgan fingerprint density at radius 1 is 2.00 bits per heavy atom. The van der Waals surface area contributed by atoms with Crippen molar-refractivity contribution in [2.75, 3.05) is 13.7 Å². The van der Waals surface area contributed by atoms with Crippen molar-refractivity contribution in [3.8, 4) is 0 Å². The highest BCUT2D eigenvalue weighted by Gasteiger charge is 1.98. The average Bonchev–Trinajstić information content (AvgIpc) is 1.84. The zero-order valence-corrected chi connectivity index (χ0v) is 5.53. The van der Waals surface area contributed by atoms with E-state index in [4.69, 9.17) is 5.73 Å². The van der Waals surface area contributed by atoms with E-state index in [0.717, 1.165) is 0 Å². The van der Waals surface area contributed by atoms with Gasteiger partial charge < -0.3 is 5.73 Å². The first-order valence-corrected chi connectivity index (χ1v) is 3.14. The normalized spacial score (nSPS) is 13.2. The summed E-state index contributed by atoms with van der Waals surface area (Å²) in [7, 11) is 1.34. The van der Waals surface area contributed by atoms with E-state index in [0.29, 0.717) is 4.91 Å². The van der Waals surface area contributed by atoms with E-state index in [1.54, 1.807) is 0 Å². The third-order valence-corrected chi connectivity index (χ3v) is 1.56. The first kappa shape index (κ1) is 7.81. The Morgan fingerprint density at radius 3 is 2.62 bits per heavy atom. The van der Waals surface area contributed by atoms with Crippen LogP contribution in [0.2, 0.25) is 0 Å². The van der Waals surface area contributed by atoms with E-state index in [9.17, 15) is 4.21 Å². The van der Waals surface area contributed by atoms with E-state index in [1.807, 2.05) is 0 Å². The van der Waals surface area contributed by atoms with Crippen LogP contribution in [0.25, 0.3) is 0 Å². The molecule has 0 aromatic heterocycles. The van der Waals surface area contributed by atoms with Gasteiger partial charge in [-0.25, -0.2) is 4.21 Å². The topological polar surface area (TPSA) is 52.3 Å². The molecule has 1 atom stereocenters. The van der Waals surface area contributed by atoms with E-state index >= 15 is 0 Å². The largest absolute Gasteiger partial charge is 0.326 e. The lowest BCUT2D eigenvalue weighted by Crippen LogP contribution is -2.07. The molecule has 0 aliphatic heterocycles. The van der Waals surface area contributed by atoms with Crippen molar-refractivity contribution in [1.82, 2.24) is 0 Å². The molecule has 4 heteroatoms. The zero-order chi connectivity index (χ0) is 6.57. The predicted octanol–water partition coefficient (Wildman–Crippen LogP) is -0.231. The van der Waals surface area contributed by atoms with Crippen LogP contribution in [0.4, 0.5) is 0 Å². The smallest absolute Gasteiger partial charge is 0.185 e. The van der Waals surface area contributed by atoms with Crippen molar-refractivity contribution in [3.05, 3.63) is 11.5 Å². The summed E-state index contributed by atoms with van der Waals surface area (Å²) in [5, 5.41) is 0. The average molecular weight is 135 g/mol. The van der Waals surface area contributed by atoms with E-state index < -0.39 is 11.1 Å². The van der Waals surface area contributed by atoms with Gasteiger partial charge in [0.1, 0.15) is 0 Å². The molecule has 0 saturated heterocycles. The van der Waals surface area contributed by atoms with Crippen LogP contribution in [0, 0.1) is 0 Å². The van der Waals surface area contributed by atoms with Crippen molar-refractivity contribution in [2.45, 2.75) is 0 Å². The van der Waals surface area contributed by atoms with Crippen molar-refractivity contribution in [2.24, 2.45) is 5.73 Å². The molecule has 0 aliphatic rings. The Bertz CT molecular complexity index is 98.6. The lowest BCUT2D eigenvalue weighted by atomic mass is 10.7. The number of hydrogen-bond donors (Lipinski definition) is 1. The third-order valence-electron chi connectivity index (χ3n) is 0.615. The summed E-state index contributed by atoms with van der Waals surface area (Å²) in [5.74, 6) is 0. The van der Waals surface area contributed by atoms with Gasteiger partial charge in [-0.15, -0.1) is 0 Å². The monoisotopic (exact) mass is 135 g/mol. The van der Waals surface area contributed by atoms with Crippen LogP contribution in [0.1, 0.15) is 0 Å². The molecule has 0 aliphatic carbocycles. The minimum atomic E-state index is -1.39. The molecule has 3 nitrogen and oxygen atoms in total. The standard InChI is InChI=1S/C4H9NO2S/c1-4(3-5)8(6)7-2/h1,3,5H2,2H3. The van der Waals surface area contributed by atoms with E-state index in [-0.39, 0.29) is 6.54 Å². The molecule has 0 bridgehead atoms. The van der Waals surface area contributed by atoms with Crippen LogP contribution >= 0.6 is 0 Å². The maximum absolute atomic E-state index is 10.5. The summed E-state index contributed by atoms with van der Waals surface area (Å²) in [5.41, 5.74) is 5.08. The Labute approximate surface area is 51.2 Å². The SMILES string of the molecule is C=C(CN)S(=O)OC. The molecule has 0 radical (unpaired) electrons. The van der Waals surface area contributed by atoms with Gasteiger partial charge in [0.25, 0.3) is 0 Å². The van der Waals surface area contributed by atoms with Crippen molar-refractivity contribution in [3.63, 3.8) is 0 Å². The summed E-state index contributed by atoms with van der Waals surface area (Å²) in [6, 6.07) is 0. The minimum Gasteiger partial charge on any atom is -0.326 e. The molecule has 0 aromatic rings. The summed E-state index contributed by atoms with van der Waals surface area (Å²) in [6.45, 7) is 3.60. The molecule has 1 unspecified atom stereocenters. The Hall–Kier alpha value is -0.190. The number of rotatable bonds is 3. The molecule has 2 N–H and O–H groups in total. The second-order valence-electron chi connectivity index (χ2n) is 1.14. The fourth-order valence-electron chi connectivity index (χ4n) is 0.186. The highest BCUT2D eigenvalue weighted by Crippen LogP contribution is 1.94. The van der Waals surface area contributed by atoms with Gasteiger partial charge in [-0.2, -0.15) is 0 Å². The van der Waals surface area contributed by atoms with Gasteiger partial charge in [-0.1, -0.05) is 6.58 Å². The molecule has 0 fully saturated rings. The maximum Gasteiger partial charge on any atom is 0.185 e. The number of hydrogen-bond acceptors (Lipinski definition) is 3. The Kier molecular flexibility index (Phi) is 3.68. The van der Waals surface area contributed by atoms with Gasteiger partial charge in [-0.3, -0.25) is 4.18 Å². The second-order valence-corrected chi connectivity index (χ2v) is 2.52. The highest BCUT2D eigenvalue weighted by atomic mass is 32.2. The van der Waals surface area contributed by atoms with E-state index in [1.165, 1.54) is 7.11 Å². The molecule has 0 heterocycles. The van der Waals surface area contributed by atoms with Crippen LogP contribution in [0.5, 0.6) is 0 Å². The predicted molar refractivity (Wildman–Crippen MR) is 33.3 cm³/mol. The molecular weight excluding hydrogens is 126 g/mol. The van der Waals surface area contributed by atoms with Gasteiger partial charge in [0.2, 0.25) is 0 Å². The van der Waals surface area contributed by atoms with Crippen molar-refractivity contribution in [1.29, 1.82) is 0 Å². The van der Waals surface area contributed by atoms with Crippen molar-refractivity contribution >= 4 is 11.1 Å². The Morgan fingerprint density at radius 2 is 2.50 bits per heavy atom. The summed E-state index contributed by atoms with van der Waals surface area (Å²) in [4.78, 5) is 0.410. The third kappa shape index (κ3) is 2.20. The van der Waals surface area contributed by atoms with E-state index in [2.05, 4.69) is 10.8 Å². The molecule has 0 saturated carbocycles. The van der Waals surface area contributed by atoms with Gasteiger partial charge in [0, 0.05) is 6.54 Å². The maximum atomic E-state index is 10.5. The fourth-order valence-corrected chi connectivity index (χ4v) is 0.558. The van der Waals surface area contributed by atoms with Gasteiger partial charge in [-0.05, 0) is 0 Å². The van der Waals surface area contributed by atoms with Crippen LogP contribution in [-0.2, 0) is 15.3 Å². The quantitative estimate of drug-likeness (QED) is 0.581. The zero-order valence-electron chi connectivity index (χ0n) is 4.72. The van der Waals surface area contributed by atoms with Gasteiger partial charge >= 0.3 is 0 Å². The van der Waals surface area contributed by atoms with Crippen LogP contribution in [0.3, 0.4) is 0 Å². The summed E-state index contributed by atoms with van der Waals surface area (Å²) >= 11 is -1.39. The first-order chi connectivity index (χ1) is 3.72. The van der Waals surface area contributed by atoms with Gasteiger partial charge in [0.05, 0.1) is 12.0 Å². The highest BCUT2D eigenvalue weighted by molar-refractivity contribution is 7.84. The lowest BCUT2D eigenvalue weighted by Gasteiger charge is -1.95. The minimum absolute atomic E-state index is 0.209. The fraction of sp³-hybridized carbons (Fsp3) is 0.500. The second kappa shape index (κ2) is 3.77. The van der Waals surface area contributed by atoms with Crippen LogP contribution in [-0.4, -0.2) is 17.9 Å². The Balaban J connectivity index is 3.64. The molecule has 0 rings (SSSR count). The number of nitrogens with two attached hydrogens (primary N) is 1. The summed E-state index contributed by atoms with van der Waals surface area (Å²) < 4.78 is 14.8. The molecule has 0 spiro atoms. The van der Waals surface area contributed by atoms with Gasteiger partial charge in [0.15, 0.2) is 11.1 Å². The molecule has 48 valence electrons. The molecular formula is C4H9NO2S. The van der Waals surface area contributed by atoms with Crippen molar-refractivity contribution < 1.29 is 8.39 Å². The van der Waals surface area contributed by atoms with Crippen LogP contribution < -0.4 is 5.73 Å².